The summed E-state index contributed by atoms with van der Waals surface area (Å²) in [5.74, 6) is 0.731. The van der Waals surface area contributed by atoms with Crippen LogP contribution in [-0.2, 0) is 4.74 Å². The Balaban J connectivity index is 1.50. The summed E-state index contributed by atoms with van der Waals surface area (Å²) in [4.78, 5) is 17.8. The van der Waals surface area contributed by atoms with Crippen LogP contribution in [0, 0.1) is 19.8 Å². The molecule has 2 aliphatic rings. The van der Waals surface area contributed by atoms with Crippen molar-refractivity contribution in [1.82, 2.24) is 15.6 Å². The van der Waals surface area contributed by atoms with Gasteiger partial charge < -0.3 is 15.4 Å². The maximum Gasteiger partial charge on any atom is 0.315 e. The molecule has 1 aromatic heterocycles. The van der Waals surface area contributed by atoms with Crippen molar-refractivity contribution in [2.24, 2.45) is 5.92 Å². The standard InChI is InChI=1S/C16H25N3O2S/c1-9-15(22-11(3)17-9)10(2)18-16(20)19-13-6-7-21-14(8-13)12-4-5-12/h10,12-14H,4-8H2,1-3H3,(H2,18,19,20)/t10-,13+,14+/m0/s1. The fourth-order valence-corrected chi connectivity index (χ4v) is 4.12. The van der Waals surface area contributed by atoms with Crippen LogP contribution in [0.2, 0.25) is 0 Å². The van der Waals surface area contributed by atoms with Crippen LogP contribution in [0.1, 0.15) is 54.2 Å². The highest BCUT2D eigenvalue weighted by Gasteiger charge is 2.36. The molecule has 0 radical (unpaired) electrons. The first-order valence-corrected chi connectivity index (χ1v) is 8.97. The fourth-order valence-electron chi connectivity index (χ4n) is 3.19. The third-order valence-electron chi connectivity index (χ3n) is 4.48. The van der Waals surface area contributed by atoms with E-state index in [2.05, 4.69) is 15.6 Å². The van der Waals surface area contributed by atoms with Gasteiger partial charge in [-0.25, -0.2) is 9.78 Å². The first-order chi connectivity index (χ1) is 10.5. The van der Waals surface area contributed by atoms with E-state index in [1.54, 1.807) is 11.3 Å². The number of carbonyl (C=O) groups excluding carboxylic acids is 1. The van der Waals surface area contributed by atoms with Gasteiger partial charge in [0, 0.05) is 17.5 Å². The monoisotopic (exact) mass is 323 g/mol. The van der Waals surface area contributed by atoms with Crippen LogP contribution in [0.5, 0.6) is 0 Å². The molecule has 1 saturated heterocycles. The quantitative estimate of drug-likeness (QED) is 0.895. The summed E-state index contributed by atoms with van der Waals surface area (Å²) in [5.41, 5.74) is 1.01. The van der Waals surface area contributed by atoms with Gasteiger partial charge in [-0.2, -0.15) is 0 Å². The molecule has 0 aromatic carbocycles. The Morgan fingerprint density at radius 1 is 1.36 bits per heavy atom. The number of ether oxygens (including phenoxy) is 1. The van der Waals surface area contributed by atoms with Crippen molar-refractivity contribution in [1.29, 1.82) is 0 Å². The van der Waals surface area contributed by atoms with Crippen molar-refractivity contribution in [3.8, 4) is 0 Å². The Labute approximate surface area is 135 Å². The van der Waals surface area contributed by atoms with Crippen molar-refractivity contribution in [3.05, 3.63) is 15.6 Å². The maximum absolute atomic E-state index is 12.2. The number of aromatic nitrogens is 1. The number of amides is 2. The van der Waals surface area contributed by atoms with Crippen LogP contribution < -0.4 is 10.6 Å². The van der Waals surface area contributed by atoms with Gasteiger partial charge in [-0.1, -0.05) is 0 Å². The SMILES string of the molecule is Cc1nc(C)c([C@H](C)NC(=O)N[C@@H]2CCO[C@@H](C3CC3)C2)s1. The molecule has 1 saturated carbocycles. The van der Waals surface area contributed by atoms with E-state index in [4.69, 9.17) is 4.74 Å². The Morgan fingerprint density at radius 3 is 2.77 bits per heavy atom. The largest absolute Gasteiger partial charge is 0.378 e. The lowest BCUT2D eigenvalue weighted by molar-refractivity contribution is -0.00917. The van der Waals surface area contributed by atoms with E-state index < -0.39 is 0 Å². The smallest absolute Gasteiger partial charge is 0.315 e. The van der Waals surface area contributed by atoms with E-state index in [-0.39, 0.29) is 18.1 Å². The first-order valence-electron chi connectivity index (χ1n) is 8.15. The molecule has 0 bridgehead atoms. The molecule has 0 spiro atoms. The van der Waals surface area contributed by atoms with E-state index in [1.165, 1.54) is 12.8 Å². The van der Waals surface area contributed by atoms with Gasteiger partial charge in [0.15, 0.2) is 0 Å². The van der Waals surface area contributed by atoms with Crippen molar-refractivity contribution < 1.29 is 9.53 Å². The minimum atomic E-state index is -0.0839. The van der Waals surface area contributed by atoms with Gasteiger partial charge in [-0.05, 0) is 52.4 Å². The molecule has 3 atom stereocenters. The lowest BCUT2D eigenvalue weighted by Crippen LogP contribution is -2.47. The second-order valence-electron chi connectivity index (χ2n) is 6.49. The summed E-state index contributed by atoms with van der Waals surface area (Å²) < 4.78 is 5.80. The molecule has 2 heterocycles. The van der Waals surface area contributed by atoms with Crippen LogP contribution in [0.4, 0.5) is 4.79 Å². The molecular weight excluding hydrogens is 298 g/mol. The maximum atomic E-state index is 12.2. The number of carbonyl (C=O) groups is 1. The number of hydrogen-bond donors (Lipinski definition) is 2. The topological polar surface area (TPSA) is 63.2 Å². The van der Waals surface area contributed by atoms with Gasteiger partial charge in [-0.3, -0.25) is 0 Å². The highest BCUT2D eigenvalue weighted by Crippen LogP contribution is 2.38. The Kier molecular flexibility index (Phi) is 4.68. The molecule has 0 unspecified atom stereocenters. The van der Waals surface area contributed by atoms with Gasteiger partial charge in [0.1, 0.15) is 0 Å². The molecule has 5 nitrogen and oxygen atoms in total. The summed E-state index contributed by atoms with van der Waals surface area (Å²) >= 11 is 1.65. The van der Waals surface area contributed by atoms with Gasteiger partial charge in [0.05, 0.1) is 22.8 Å². The highest BCUT2D eigenvalue weighted by molar-refractivity contribution is 7.11. The van der Waals surface area contributed by atoms with Gasteiger partial charge in [-0.15, -0.1) is 11.3 Å². The number of rotatable bonds is 4. The van der Waals surface area contributed by atoms with Gasteiger partial charge in [0.2, 0.25) is 0 Å². The van der Waals surface area contributed by atoms with Crippen LogP contribution in [0.25, 0.3) is 0 Å². The summed E-state index contributed by atoms with van der Waals surface area (Å²) in [6, 6.07) is 0.139. The molecular formula is C16H25N3O2S. The predicted octanol–water partition coefficient (Wildman–Crippen LogP) is 3.08. The minimum Gasteiger partial charge on any atom is -0.378 e. The second kappa shape index (κ2) is 6.54. The Bertz CT molecular complexity index is 541. The molecule has 1 aromatic rings. The highest BCUT2D eigenvalue weighted by atomic mass is 32.1. The molecule has 1 aliphatic carbocycles. The van der Waals surface area contributed by atoms with Gasteiger partial charge >= 0.3 is 6.03 Å². The Morgan fingerprint density at radius 2 is 2.14 bits per heavy atom. The molecule has 2 N–H and O–H groups in total. The van der Waals surface area contributed by atoms with E-state index in [9.17, 15) is 4.79 Å². The number of urea groups is 1. The number of thiazole rings is 1. The molecule has 1 aliphatic heterocycles. The Hall–Kier alpha value is -1.14. The molecule has 122 valence electrons. The molecule has 6 heteroatoms. The summed E-state index contributed by atoms with van der Waals surface area (Å²) in [6.45, 7) is 6.76. The molecule has 3 rings (SSSR count). The number of hydrogen-bond acceptors (Lipinski definition) is 4. The first kappa shape index (κ1) is 15.7. The third kappa shape index (κ3) is 3.79. The summed E-state index contributed by atoms with van der Waals surface area (Å²) in [7, 11) is 0. The van der Waals surface area contributed by atoms with Crippen LogP contribution >= 0.6 is 11.3 Å². The zero-order valence-electron chi connectivity index (χ0n) is 13.5. The fraction of sp³-hybridized carbons (Fsp3) is 0.750. The van der Waals surface area contributed by atoms with Crippen molar-refractivity contribution in [2.75, 3.05) is 6.61 Å². The molecule has 2 fully saturated rings. The summed E-state index contributed by atoms with van der Waals surface area (Å²) in [5, 5.41) is 7.19. The normalized spacial score (nSPS) is 26.5. The molecule has 22 heavy (non-hydrogen) atoms. The average molecular weight is 323 g/mol. The lowest BCUT2D eigenvalue weighted by atomic mass is 10.0. The average Bonchev–Trinajstić information content (AvgIpc) is 3.24. The lowest BCUT2D eigenvalue weighted by Gasteiger charge is -2.30. The van der Waals surface area contributed by atoms with E-state index in [0.29, 0.717) is 6.10 Å². The zero-order chi connectivity index (χ0) is 15.7. The van der Waals surface area contributed by atoms with Crippen molar-refractivity contribution >= 4 is 17.4 Å². The zero-order valence-corrected chi connectivity index (χ0v) is 14.3. The van der Waals surface area contributed by atoms with Gasteiger partial charge in [0.25, 0.3) is 0 Å². The van der Waals surface area contributed by atoms with Crippen LogP contribution in [0.15, 0.2) is 0 Å². The number of aryl methyl sites for hydroxylation is 2. The number of nitrogens with one attached hydrogen (secondary N) is 2. The van der Waals surface area contributed by atoms with Crippen LogP contribution in [0.3, 0.4) is 0 Å². The predicted molar refractivity (Wildman–Crippen MR) is 87.2 cm³/mol. The second-order valence-corrected chi connectivity index (χ2v) is 7.72. The number of nitrogens with zero attached hydrogens (tertiary/aromatic N) is 1. The van der Waals surface area contributed by atoms with Crippen molar-refractivity contribution in [2.45, 2.75) is 64.6 Å². The van der Waals surface area contributed by atoms with E-state index in [0.717, 1.165) is 40.9 Å². The third-order valence-corrected chi connectivity index (χ3v) is 5.73. The van der Waals surface area contributed by atoms with E-state index in [1.807, 2.05) is 20.8 Å². The van der Waals surface area contributed by atoms with Crippen LogP contribution in [-0.4, -0.2) is 29.8 Å². The minimum absolute atomic E-state index is 0.00901. The molecule has 2 amide bonds. The van der Waals surface area contributed by atoms with Crippen molar-refractivity contribution in [3.63, 3.8) is 0 Å². The van der Waals surface area contributed by atoms with E-state index >= 15 is 0 Å². The summed E-state index contributed by atoms with van der Waals surface area (Å²) in [6.07, 6.45) is 4.77.